The third kappa shape index (κ3) is 3.21. The molecule has 3 aromatic rings. The van der Waals surface area contributed by atoms with Gasteiger partial charge in [-0.05, 0) is 55.8 Å². The molecule has 0 aliphatic carbocycles. The lowest BCUT2D eigenvalue weighted by Gasteiger charge is -2.35. The number of rotatable bonds is 4. The second kappa shape index (κ2) is 7.08. The van der Waals surface area contributed by atoms with Gasteiger partial charge in [-0.1, -0.05) is 12.5 Å². The summed E-state index contributed by atoms with van der Waals surface area (Å²) in [4.78, 5) is 26.5. The molecule has 1 atom stereocenters. The van der Waals surface area contributed by atoms with Crippen molar-refractivity contribution in [1.29, 1.82) is 0 Å². The molecule has 2 aliphatic heterocycles. The number of amides is 2. The first-order valence-corrected chi connectivity index (χ1v) is 9.96. The van der Waals surface area contributed by atoms with Crippen LogP contribution in [-0.2, 0) is 6.42 Å². The van der Waals surface area contributed by atoms with Gasteiger partial charge in [-0.2, -0.15) is 5.10 Å². The van der Waals surface area contributed by atoms with Crippen molar-refractivity contribution in [3.8, 4) is 0 Å². The summed E-state index contributed by atoms with van der Waals surface area (Å²) in [6.07, 6.45) is 4.15. The highest BCUT2D eigenvalue weighted by Gasteiger charge is 2.30. The number of hydrogen-bond donors (Lipinski definition) is 2. The molecule has 1 saturated heterocycles. The summed E-state index contributed by atoms with van der Waals surface area (Å²) in [5.41, 5.74) is 3.41. The van der Waals surface area contributed by atoms with E-state index in [1.54, 1.807) is 12.1 Å². The average molecular weight is 392 g/mol. The van der Waals surface area contributed by atoms with Crippen molar-refractivity contribution in [3.63, 3.8) is 0 Å². The SMILES string of the molecule is O=C1NC(=O)c2cc(C(Cc3[nH]nc4cc(F)ccc34)N3CCCCC3)ccc21. The normalized spacial score (nSPS) is 18.1. The maximum atomic E-state index is 13.5. The van der Waals surface area contributed by atoms with Crippen molar-refractivity contribution in [2.45, 2.75) is 31.7 Å². The van der Waals surface area contributed by atoms with Crippen LogP contribution < -0.4 is 5.32 Å². The summed E-state index contributed by atoms with van der Waals surface area (Å²) in [5, 5.41) is 10.6. The number of H-pyrrole nitrogens is 1. The van der Waals surface area contributed by atoms with Crippen LogP contribution in [0.5, 0.6) is 0 Å². The van der Waals surface area contributed by atoms with E-state index in [2.05, 4.69) is 20.4 Å². The molecular weight excluding hydrogens is 371 g/mol. The lowest BCUT2D eigenvalue weighted by Crippen LogP contribution is -2.35. The fourth-order valence-electron chi connectivity index (χ4n) is 4.47. The first kappa shape index (κ1) is 18.0. The van der Waals surface area contributed by atoms with Crippen molar-refractivity contribution in [3.05, 3.63) is 64.6 Å². The quantitative estimate of drug-likeness (QED) is 0.668. The zero-order valence-electron chi connectivity index (χ0n) is 15.9. The smallest absolute Gasteiger partial charge is 0.258 e. The van der Waals surface area contributed by atoms with Gasteiger partial charge in [0.1, 0.15) is 5.82 Å². The Balaban J connectivity index is 1.54. The third-order valence-corrected chi connectivity index (χ3v) is 5.97. The molecular formula is C22H21FN4O2. The number of aromatic amines is 1. The van der Waals surface area contributed by atoms with Crippen molar-refractivity contribution in [1.82, 2.24) is 20.4 Å². The molecule has 2 aromatic carbocycles. The molecule has 2 amide bonds. The lowest BCUT2D eigenvalue weighted by atomic mass is 9.94. The molecule has 2 N–H and O–H groups in total. The third-order valence-electron chi connectivity index (χ3n) is 5.97. The minimum absolute atomic E-state index is 0.0396. The van der Waals surface area contributed by atoms with E-state index in [0.29, 0.717) is 23.1 Å². The van der Waals surface area contributed by atoms with E-state index >= 15 is 0 Å². The van der Waals surface area contributed by atoms with Gasteiger partial charge < -0.3 is 0 Å². The van der Waals surface area contributed by atoms with Crippen LogP contribution in [0.3, 0.4) is 0 Å². The number of piperidine rings is 1. The number of nitrogens with zero attached hydrogens (tertiary/aromatic N) is 2. The van der Waals surface area contributed by atoms with Crippen molar-refractivity contribution < 1.29 is 14.0 Å². The zero-order chi connectivity index (χ0) is 20.0. The minimum atomic E-state index is -0.341. The molecule has 1 aromatic heterocycles. The molecule has 29 heavy (non-hydrogen) atoms. The first-order valence-electron chi connectivity index (χ1n) is 9.96. The number of benzene rings is 2. The predicted octanol–water partition coefficient (Wildman–Crippen LogP) is 3.36. The number of nitrogens with one attached hydrogen (secondary N) is 2. The van der Waals surface area contributed by atoms with Crippen LogP contribution in [0.2, 0.25) is 0 Å². The largest absolute Gasteiger partial charge is 0.296 e. The van der Waals surface area contributed by atoms with Gasteiger partial charge in [0, 0.05) is 29.6 Å². The topological polar surface area (TPSA) is 78.1 Å². The summed E-state index contributed by atoms with van der Waals surface area (Å²) in [5.74, 6) is -0.989. The Bertz CT molecular complexity index is 1120. The van der Waals surface area contributed by atoms with Gasteiger partial charge >= 0.3 is 0 Å². The average Bonchev–Trinajstić information content (AvgIpc) is 3.26. The van der Waals surface area contributed by atoms with Gasteiger partial charge in [0.05, 0.1) is 16.6 Å². The van der Waals surface area contributed by atoms with Crippen LogP contribution in [0.25, 0.3) is 10.9 Å². The second-order valence-corrected chi connectivity index (χ2v) is 7.77. The highest BCUT2D eigenvalue weighted by Crippen LogP contribution is 2.32. The fourth-order valence-corrected chi connectivity index (χ4v) is 4.47. The van der Waals surface area contributed by atoms with Gasteiger partial charge in [0.15, 0.2) is 0 Å². The van der Waals surface area contributed by atoms with Crippen LogP contribution in [-0.4, -0.2) is 40.0 Å². The molecule has 1 fully saturated rings. The molecule has 2 aliphatic rings. The van der Waals surface area contributed by atoms with E-state index in [0.717, 1.165) is 42.6 Å². The molecule has 148 valence electrons. The maximum Gasteiger partial charge on any atom is 0.258 e. The summed E-state index contributed by atoms with van der Waals surface area (Å²) in [6, 6.07) is 10.2. The number of aromatic nitrogens is 2. The summed E-state index contributed by atoms with van der Waals surface area (Å²) < 4.78 is 13.5. The molecule has 6 nitrogen and oxygen atoms in total. The van der Waals surface area contributed by atoms with Crippen molar-refractivity contribution in [2.75, 3.05) is 13.1 Å². The Labute approximate surface area is 167 Å². The van der Waals surface area contributed by atoms with Gasteiger partial charge in [-0.25, -0.2) is 4.39 Å². The number of halogens is 1. The molecule has 0 radical (unpaired) electrons. The highest BCUT2D eigenvalue weighted by atomic mass is 19.1. The number of carbonyl (C=O) groups is 2. The molecule has 0 bridgehead atoms. The summed E-state index contributed by atoms with van der Waals surface area (Å²) >= 11 is 0. The van der Waals surface area contributed by atoms with Crippen molar-refractivity contribution in [2.24, 2.45) is 0 Å². The Morgan fingerprint density at radius 3 is 2.62 bits per heavy atom. The van der Waals surface area contributed by atoms with Crippen molar-refractivity contribution >= 4 is 22.7 Å². The monoisotopic (exact) mass is 392 g/mol. The van der Waals surface area contributed by atoms with Crippen LogP contribution in [0.15, 0.2) is 36.4 Å². The second-order valence-electron chi connectivity index (χ2n) is 7.77. The summed E-state index contributed by atoms with van der Waals surface area (Å²) in [6.45, 7) is 1.96. The van der Waals surface area contributed by atoms with E-state index < -0.39 is 0 Å². The molecule has 1 unspecified atom stereocenters. The molecule has 3 heterocycles. The fraction of sp³-hybridized carbons (Fsp3) is 0.318. The summed E-state index contributed by atoms with van der Waals surface area (Å²) in [7, 11) is 0. The molecule has 0 spiro atoms. The minimum Gasteiger partial charge on any atom is -0.296 e. The molecule has 5 rings (SSSR count). The first-order chi connectivity index (χ1) is 14.1. The van der Waals surface area contributed by atoms with Gasteiger partial charge in [-0.3, -0.25) is 24.9 Å². The van der Waals surface area contributed by atoms with E-state index in [-0.39, 0.29) is 23.7 Å². The van der Waals surface area contributed by atoms with Gasteiger partial charge in [0.25, 0.3) is 11.8 Å². The number of imide groups is 1. The Morgan fingerprint density at radius 1 is 1.00 bits per heavy atom. The van der Waals surface area contributed by atoms with E-state index in [1.807, 2.05) is 12.1 Å². The standard InChI is InChI=1S/C22H21FN4O2/c23-14-5-7-16-18(11-14)25-26-19(16)12-20(27-8-2-1-3-9-27)13-4-6-15-17(10-13)22(29)24-21(15)28/h4-7,10-11,20H,1-3,8-9,12H2,(H,25,26)(H,24,28,29). The van der Waals surface area contributed by atoms with Crippen LogP contribution in [0.4, 0.5) is 4.39 Å². The number of likely N-dealkylation sites (tertiary alicyclic amines) is 1. The number of hydrogen-bond acceptors (Lipinski definition) is 4. The van der Waals surface area contributed by atoms with Crippen LogP contribution in [0.1, 0.15) is 57.3 Å². The molecule has 0 saturated carbocycles. The van der Waals surface area contributed by atoms with Crippen LogP contribution >= 0.6 is 0 Å². The molecule has 7 heteroatoms. The van der Waals surface area contributed by atoms with Gasteiger partial charge in [-0.15, -0.1) is 0 Å². The Hall–Kier alpha value is -3.06. The lowest BCUT2D eigenvalue weighted by molar-refractivity contribution is 0.0879. The van der Waals surface area contributed by atoms with Gasteiger partial charge in [0.2, 0.25) is 0 Å². The van der Waals surface area contributed by atoms with E-state index in [1.165, 1.54) is 18.6 Å². The maximum absolute atomic E-state index is 13.5. The van der Waals surface area contributed by atoms with Crippen LogP contribution in [0, 0.1) is 5.82 Å². The number of fused-ring (bicyclic) bond motifs is 2. The van der Waals surface area contributed by atoms with E-state index in [4.69, 9.17) is 0 Å². The number of carbonyl (C=O) groups excluding carboxylic acids is 2. The highest BCUT2D eigenvalue weighted by molar-refractivity contribution is 6.21. The Kier molecular flexibility index (Phi) is 4.39. The predicted molar refractivity (Wildman–Crippen MR) is 106 cm³/mol. The van der Waals surface area contributed by atoms with E-state index in [9.17, 15) is 14.0 Å². The Morgan fingerprint density at radius 2 is 1.79 bits per heavy atom. The zero-order valence-corrected chi connectivity index (χ0v) is 15.9.